The average molecular weight is 268 g/mol. The fourth-order valence-electron chi connectivity index (χ4n) is 1.82. The van der Waals surface area contributed by atoms with Crippen LogP contribution in [0.2, 0.25) is 0 Å². The summed E-state index contributed by atoms with van der Waals surface area (Å²) in [5.41, 5.74) is 0.749. The van der Waals surface area contributed by atoms with Gasteiger partial charge >= 0.3 is 0 Å². The predicted octanol–water partition coefficient (Wildman–Crippen LogP) is 2.13. The first-order chi connectivity index (χ1) is 8.60. The number of hydrogen-bond donors (Lipinski definition) is 1. The number of ketones is 1. The van der Waals surface area contributed by atoms with Crippen molar-refractivity contribution >= 4 is 33.5 Å². The fourth-order valence-corrected chi connectivity index (χ4v) is 1.92. The molecule has 0 aliphatic carbocycles. The van der Waals surface area contributed by atoms with Gasteiger partial charge < -0.3 is 14.5 Å². The number of rotatable bonds is 4. The minimum atomic E-state index is -1.04. The minimum Gasteiger partial charge on any atom is -0.496 e. The maximum absolute atomic E-state index is 11.7. The van der Waals surface area contributed by atoms with Crippen molar-refractivity contribution in [2.24, 2.45) is 0 Å². The molecule has 0 unspecified atom stereocenters. The monoisotopic (exact) mass is 267 g/mol. The van der Waals surface area contributed by atoms with Gasteiger partial charge in [-0.2, -0.15) is 0 Å². The third kappa shape index (κ3) is 1.82. The highest BCUT2D eigenvalue weighted by Crippen LogP contribution is 2.35. The largest absolute Gasteiger partial charge is 0.496 e. The van der Waals surface area contributed by atoms with Gasteiger partial charge in [0.05, 0.1) is 30.7 Å². The van der Waals surface area contributed by atoms with E-state index in [1.54, 1.807) is 12.1 Å². The Morgan fingerprint density at radius 3 is 2.33 bits per heavy atom. The molecule has 2 aromatic rings. The van der Waals surface area contributed by atoms with Gasteiger partial charge in [0.2, 0.25) is 5.78 Å². The summed E-state index contributed by atoms with van der Waals surface area (Å²) < 4.78 is 10.3. The van der Waals surface area contributed by atoms with Gasteiger partial charge in [0.1, 0.15) is 11.5 Å². The summed E-state index contributed by atoms with van der Waals surface area (Å²) in [6.07, 6.45) is 1.41. The Kier molecular flexibility index (Phi) is 3.25. The molecule has 0 atom stereocenters. The lowest BCUT2D eigenvalue weighted by Gasteiger charge is -2.06. The van der Waals surface area contributed by atoms with Crippen molar-refractivity contribution in [3.8, 4) is 11.5 Å². The van der Waals surface area contributed by atoms with E-state index in [9.17, 15) is 9.59 Å². The van der Waals surface area contributed by atoms with Crippen LogP contribution in [0, 0.1) is 0 Å². The van der Waals surface area contributed by atoms with Crippen molar-refractivity contribution < 1.29 is 19.1 Å². The molecule has 6 heteroatoms. The maximum atomic E-state index is 11.7. The van der Waals surface area contributed by atoms with Crippen LogP contribution in [0.4, 0.5) is 0 Å². The van der Waals surface area contributed by atoms with Crippen LogP contribution < -0.4 is 9.47 Å². The topological polar surface area (TPSA) is 68.4 Å². The van der Waals surface area contributed by atoms with Crippen LogP contribution in [-0.4, -0.2) is 30.2 Å². The molecule has 0 saturated carbocycles. The van der Waals surface area contributed by atoms with E-state index in [-0.39, 0.29) is 5.56 Å². The standard InChI is InChI=1S/C12H10ClNO4/c1-17-7-3-4-8(18-2)10-9(7)6(5-14-10)11(15)12(13)16/h3-5,14H,1-2H3. The molecule has 1 heterocycles. The highest BCUT2D eigenvalue weighted by atomic mass is 35.5. The summed E-state index contributed by atoms with van der Waals surface area (Å²) in [6.45, 7) is 0. The van der Waals surface area contributed by atoms with E-state index in [1.807, 2.05) is 0 Å². The van der Waals surface area contributed by atoms with E-state index in [1.165, 1.54) is 20.4 Å². The maximum Gasteiger partial charge on any atom is 0.293 e. The minimum absolute atomic E-state index is 0.167. The molecular weight excluding hydrogens is 258 g/mol. The number of nitrogens with one attached hydrogen (secondary N) is 1. The van der Waals surface area contributed by atoms with Crippen molar-refractivity contribution in [2.45, 2.75) is 0 Å². The number of aromatic nitrogens is 1. The first-order valence-electron chi connectivity index (χ1n) is 5.06. The summed E-state index contributed by atoms with van der Waals surface area (Å²) in [4.78, 5) is 25.5. The Bertz CT molecular complexity index is 632. The normalized spacial score (nSPS) is 10.4. The summed E-state index contributed by atoms with van der Waals surface area (Å²) in [6, 6.07) is 3.36. The molecule has 0 aliphatic rings. The Morgan fingerprint density at radius 1 is 1.17 bits per heavy atom. The van der Waals surface area contributed by atoms with Crippen molar-refractivity contribution in [2.75, 3.05) is 14.2 Å². The van der Waals surface area contributed by atoms with Gasteiger partial charge in [-0.3, -0.25) is 9.59 Å². The Labute approximate surface area is 108 Å². The van der Waals surface area contributed by atoms with E-state index >= 15 is 0 Å². The number of methoxy groups -OCH3 is 2. The number of H-pyrrole nitrogens is 1. The molecule has 2 rings (SSSR count). The zero-order valence-electron chi connectivity index (χ0n) is 9.74. The number of carbonyl (C=O) groups excluding carboxylic acids is 2. The summed E-state index contributed by atoms with van der Waals surface area (Å²) in [5.74, 6) is 0.231. The number of hydrogen-bond acceptors (Lipinski definition) is 4. The molecule has 94 valence electrons. The number of halogens is 1. The van der Waals surface area contributed by atoms with Gasteiger partial charge in [0.15, 0.2) is 0 Å². The van der Waals surface area contributed by atoms with Gasteiger partial charge in [-0.25, -0.2) is 0 Å². The number of ether oxygens (including phenoxy) is 2. The van der Waals surface area contributed by atoms with E-state index in [0.29, 0.717) is 22.4 Å². The van der Waals surface area contributed by atoms with Crippen molar-refractivity contribution in [1.29, 1.82) is 0 Å². The van der Waals surface area contributed by atoms with Gasteiger partial charge in [0, 0.05) is 6.20 Å². The van der Waals surface area contributed by atoms with Crippen LogP contribution in [0.1, 0.15) is 10.4 Å². The van der Waals surface area contributed by atoms with Crippen LogP contribution in [0.15, 0.2) is 18.3 Å². The molecule has 0 fully saturated rings. The van der Waals surface area contributed by atoms with Crippen LogP contribution in [-0.2, 0) is 4.79 Å². The second-order valence-corrected chi connectivity index (χ2v) is 3.87. The van der Waals surface area contributed by atoms with Gasteiger partial charge in [-0.1, -0.05) is 0 Å². The number of carbonyl (C=O) groups is 2. The second-order valence-electron chi connectivity index (χ2n) is 3.53. The zero-order chi connectivity index (χ0) is 13.3. The van der Waals surface area contributed by atoms with Crippen LogP contribution in [0.25, 0.3) is 10.9 Å². The summed E-state index contributed by atoms with van der Waals surface area (Å²) >= 11 is 5.21. The highest BCUT2D eigenvalue weighted by Gasteiger charge is 2.22. The van der Waals surface area contributed by atoms with Crippen molar-refractivity contribution in [3.63, 3.8) is 0 Å². The molecule has 1 aromatic heterocycles. The molecule has 5 nitrogen and oxygen atoms in total. The average Bonchev–Trinajstić information content (AvgIpc) is 2.81. The molecule has 18 heavy (non-hydrogen) atoms. The first kappa shape index (κ1) is 12.4. The molecule has 0 bridgehead atoms. The molecule has 0 amide bonds. The van der Waals surface area contributed by atoms with Gasteiger partial charge in [-0.05, 0) is 23.7 Å². The zero-order valence-corrected chi connectivity index (χ0v) is 10.5. The third-order valence-corrected chi connectivity index (χ3v) is 2.79. The molecule has 0 spiro atoms. The summed E-state index contributed by atoms with van der Waals surface area (Å²) in [5, 5.41) is -0.559. The fraction of sp³-hybridized carbons (Fsp3) is 0.167. The number of Topliss-reactive ketones (excluding diaryl/α,β-unsaturated/α-hetero) is 1. The van der Waals surface area contributed by atoms with Crippen LogP contribution in [0.3, 0.4) is 0 Å². The summed E-state index contributed by atoms with van der Waals surface area (Å²) in [7, 11) is 2.99. The quantitative estimate of drug-likeness (QED) is 0.523. The lowest BCUT2D eigenvalue weighted by molar-refractivity contribution is -0.108. The SMILES string of the molecule is COc1ccc(OC)c2c(C(=O)C(=O)Cl)c[nH]c12. The molecule has 0 radical (unpaired) electrons. The van der Waals surface area contributed by atoms with Crippen molar-refractivity contribution in [3.05, 3.63) is 23.9 Å². The lowest BCUT2D eigenvalue weighted by atomic mass is 10.1. The Hall–Kier alpha value is -2.01. The third-order valence-electron chi connectivity index (χ3n) is 2.62. The molecule has 1 aromatic carbocycles. The molecule has 0 saturated heterocycles. The smallest absolute Gasteiger partial charge is 0.293 e. The van der Waals surface area contributed by atoms with Crippen LogP contribution >= 0.6 is 11.6 Å². The predicted molar refractivity (Wildman–Crippen MR) is 66.6 cm³/mol. The van der Waals surface area contributed by atoms with Crippen molar-refractivity contribution in [1.82, 2.24) is 4.98 Å². The highest BCUT2D eigenvalue weighted by molar-refractivity contribution is 6.83. The Balaban J connectivity index is 2.77. The number of fused-ring (bicyclic) bond motifs is 1. The second kappa shape index (κ2) is 4.70. The van der Waals surface area contributed by atoms with Gasteiger partial charge in [-0.15, -0.1) is 0 Å². The van der Waals surface area contributed by atoms with Crippen LogP contribution in [0.5, 0.6) is 11.5 Å². The molecule has 0 aliphatic heterocycles. The van der Waals surface area contributed by atoms with E-state index in [4.69, 9.17) is 21.1 Å². The van der Waals surface area contributed by atoms with E-state index in [2.05, 4.69) is 4.98 Å². The van der Waals surface area contributed by atoms with Gasteiger partial charge in [0.25, 0.3) is 5.24 Å². The lowest BCUT2D eigenvalue weighted by Crippen LogP contribution is -2.06. The number of aromatic amines is 1. The Morgan fingerprint density at radius 2 is 1.78 bits per heavy atom. The molecular formula is C12H10ClNO4. The first-order valence-corrected chi connectivity index (χ1v) is 5.44. The molecule has 1 N–H and O–H groups in total. The van der Waals surface area contributed by atoms with E-state index in [0.717, 1.165) is 0 Å². The number of benzene rings is 1. The van der Waals surface area contributed by atoms with E-state index < -0.39 is 11.0 Å².